The Kier molecular flexibility index (Phi) is 11.2. The highest BCUT2D eigenvalue weighted by Crippen LogP contribution is 2.43. The Hall–Kier alpha value is -5.68. The Labute approximate surface area is 307 Å². The van der Waals surface area contributed by atoms with Gasteiger partial charge in [-0.15, -0.1) is 5.54 Å². The van der Waals surface area contributed by atoms with Crippen LogP contribution in [0.4, 0.5) is 10.5 Å². The Morgan fingerprint density at radius 1 is 0.712 bits per heavy atom. The highest BCUT2D eigenvalue weighted by molar-refractivity contribution is 6.83. The molecule has 5 aromatic rings. The molecule has 1 heterocycles. The van der Waals surface area contributed by atoms with Crippen LogP contribution in [0, 0.1) is 17.4 Å². The van der Waals surface area contributed by atoms with Crippen molar-refractivity contribution < 1.29 is 23.8 Å². The molecule has 1 amide bonds. The quantitative estimate of drug-likeness (QED) is 0.0627. The Balaban J connectivity index is 1.48. The molecule has 262 valence electrons. The fraction of sp³-hybridized carbons (Fsp3) is 0.200. The minimum atomic E-state index is -1.87. The number of hydrogen-bond acceptors (Lipinski definition) is 5. The molecule has 6 rings (SSSR count). The van der Waals surface area contributed by atoms with Crippen molar-refractivity contribution in [3.63, 3.8) is 0 Å². The van der Waals surface area contributed by atoms with Crippen molar-refractivity contribution in [1.29, 1.82) is 0 Å². The number of para-hydroxylation sites is 2. The Morgan fingerprint density at radius 2 is 1.21 bits per heavy atom. The normalized spacial score (nSPS) is 14.6. The molecule has 0 aliphatic carbocycles. The van der Waals surface area contributed by atoms with Crippen molar-refractivity contribution in [2.45, 2.75) is 38.2 Å². The van der Waals surface area contributed by atoms with Crippen LogP contribution in [-0.4, -0.2) is 39.4 Å². The summed E-state index contributed by atoms with van der Waals surface area (Å²) in [5.41, 5.74) is 7.72. The monoisotopic (exact) mass is 705 g/mol. The topological polar surface area (TPSA) is 65.1 Å². The maximum absolute atomic E-state index is 14.0. The van der Waals surface area contributed by atoms with E-state index >= 15 is 0 Å². The highest BCUT2D eigenvalue weighted by Gasteiger charge is 2.40. The van der Waals surface area contributed by atoms with E-state index in [0.717, 1.165) is 27.8 Å². The van der Waals surface area contributed by atoms with E-state index < -0.39 is 37.7 Å². The van der Waals surface area contributed by atoms with Crippen molar-refractivity contribution >= 4 is 31.4 Å². The molecule has 1 aliphatic rings. The summed E-state index contributed by atoms with van der Waals surface area (Å²) >= 11 is 0. The van der Waals surface area contributed by atoms with Gasteiger partial charge in [-0.2, -0.15) is 0 Å². The number of benzene rings is 5. The second-order valence-corrected chi connectivity index (χ2v) is 18.5. The summed E-state index contributed by atoms with van der Waals surface area (Å²) in [5.74, 6) is 3.05. The van der Waals surface area contributed by atoms with Gasteiger partial charge in [0.25, 0.3) is 0 Å². The number of anilines is 1. The van der Waals surface area contributed by atoms with Crippen LogP contribution < -0.4 is 9.64 Å². The predicted octanol–water partition coefficient (Wildman–Crippen LogP) is 9.53. The molecule has 0 fully saturated rings. The maximum atomic E-state index is 14.0. The lowest BCUT2D eigenvalue weighted by molar-refractivity contribution is -0.142. The van der Waals surface area contributed by atoms with Gasteiger partial charge in [-0.25, -0.2) is 4.79 Å². The lowest BCUT2D eigenvalue weighted by atomic mass is 9.79. The summed E-state index contributed by atoms with van der Waals surface area (Å²) in [6.07, 6.45) is 1.47. The first-order valence-electron chi connectivity index (χ1n) is 17.5. The summed E-state index contributed by atoms with van der Waals surface area (Å²) in [6.45, 7) is 8.15. The average molecular weight is 706 g/mol. The number of carbonyl (C=O) groups is 2. The van der Waals surface area contributed by atoms with E-state index in [4.69, 9.17) is 14.2 Å². The number of nitrogens with zero attached hydrogens (tertiary/aromatic N) is 1. The van der Waals surface area contributed by atoms with E-state index in [1.807, 2.05) is 103 Å². The standard InChI is InChI=1S/C45H43NO5Si/c1-34(47)49-32-35(33-50-45(36-19-9-5-10-20-36,37-21-11-6-12-22-37)38-23-13-7-14-24-38)42-31-39(29-30-52(2,3)4)46(43-28-18-17-27-41(42)43)44(48)51-40-25-15-8-16-26-40/h5-28,31,35,39H,32-33H2,1-4H3/t35-,39+/m1/s1. The van der Waals surface area contributed by atoms with Crippen molar-refractivity contribution in [1.82, 2.24) is 0 Å². The Bertz CT molecular complexity index is 1970. The van der Waals surface area contributed by atoms with Gasteiger partial charge in [-0.1, -0.05) is 153 Å². The third-order valence-corrected chi connectivity index (χ3v) is 9.69. The average Bonchev–Trinajstić information content (AvgIpc) is 3.16. The van der Waals surface area contributed by atoms with Gasteiger partial charge in [-0.3, -0.25) is 9.69 Å². The molecule has 0 saturated carbocycles. The number of fused-ring (bicyclic) bond motifs is 1. The van der Waals surface area contributed by atoms with Crippen LogP contribution >= 0.6 is 0 Å². The number of carbonyl (C=O) groups excluding carboxylic acids is 2. The number of rotatable bonds is 10. The van der Waals surface area contributed by atoms with Gasteiger partial charge >= 0.3 is 12.1 Å². The lowest BCUT2D eigenvalue weighted by Crippen LogP contribution is -2.44. The first kappa shape index (κ1) is 36.1. The molecule has 2 atom stereocenters. The summed E-state index contributed by atoms with van der Waals surface area (Å²) in [4.78, 5) is 28.0. The zero-order chi connectivity index (χ0) is 36.6. The molecule has 0 N–H and O–H groups in total. The summed E-state index contributed by atoms with van der Waals surface area (Å²) in [7, 11) is -1.87. The largest absolute Gasteiger partial charge is 0.465 e. The number of hydrogen-bond donors (Lipinski definition) is 0. The third-order valence-electron chi connectivity index (χ3n) is 8.80. The molecule has 0 unspecified atom stereocenters. The van der Waals surface area contributed by atoms with Crippen LogP contribution in [0.1, 0.15) is 29.2 Å². The Morgan fingerprint density at radius 3 is 1.73 bits per heavy atom. The fourth-order valence-electron chi connectivity index (χ4n) is 6.45. The van der Waals surface area contributed by atoms with Crippen LogP contribution in [0.2, 0.25) is 19.6 Å². The molecule has 7 heteroatoms. The van der Waals surface area contributed by atoms with Gasteiger partial charge in [-0.05, 0) is 46.5 Å². The number of amides is 1. The summed E-state index contributed by atoms with van der Waals surface area (Å²) in [5, 5.41) is 0. The zero-order valence-electron chi connectivity index (χ0n) is 30.0. The molecule has 1 aliphatic heterocycles. The fourth-order valence-corrected chi connectivity index (χ4v) is 7.04. The molecule has 6 nitrogen and oxygen atoms in total. The van der Waals surface area contributed by atoms with Gasteiger partial charge in [0.2, 0.25) is 0 Å². The SMILES string of the molecule is CC(=O)OC[C@H](COC(c1ccccc1)(c1ccccc1)c1ccccc1)C1=C[C@H](C#C[Si](C)(C)C)N(C(=O)Oc2ccccc2)c2ccccc21. The number of ether oxygens (including phenoxy) is 3. The molecule has 0 bridgehead atoms. The molecule has 5 aromatic carbocycles. The first-order chi connectivity index (χ1) is 25.2. The van der Waals surface area contributed by atoms with E-state index in [1.165, 1.54) is 6.92 Å². The molecular weight excluding hydrogens is 663 g/mol. The third kappa shape index (κ3) is 8.26. The predicted molar refractivity (Wildman–Crippen MR) is 210 cm³/mol. The second-order valence-electron chi connectivity index (χ2n) is 13.7. The molecule has 52 heavy (non-hydrogen) atoms. The van der Waals surface area contributed by atoms with Crippen LogP contribution in [-0.2, 0) is 19.9 Å². The van der Waals surface area contributed by atoms with Crippen molar-refractivity contribution in [3.05, 3.63) is 174 Å². The van der Waals surface area contributed by atoms with Gasteiger partial charge in [0, 0.05) is 18.4 Å². The van der Waals surface area contributed by atoms with E-state index in [9.17, 15) is 9.59 Å². The number of esters is 1. The van der Waals surface area contributed by atoms with Crippen LogP contribution in [0.3, 0.4) is 0 Å². The first-order valence-corrected chi connectivity index (χ1v) is 21.0. The lowest BCUT2D eigenvalue weighted by Gasteiger charge is -2.39. The van der Waals surface area contributed by atoms with E-state index in [2.05, 4.69) is 67.5 Å². The van der Waals surface area contributed by atoms with E-state index in [0.29, 0.717) is 11.4 Å². The highest BCUT2D eigenvalue weighted by atomic mass is 28.3. The van der Waals surface area contributed by atoms with Crippen molar-refractivity contribution in [2.75, 3.05) is 18.1 Å². The van der Waals surface area contributed by atoms with E-state index in [1.54, 1.807) is 17.0 Å². The van der Waals surface area contributed by atoms with Crippen molar-refractivity contribution in [3.8, 4) is 17.2 Å². The smallest absolute Gasteiger partial charge is 0.421 e. The minimum absolute atomic E-state index is 0.0621. The zero-order valence-corrected chi connectivity index (χ0v) is 31.0. The summed E-state index contributed by atoms with van der Waals surface area (Å²) < 4.78 is 18.9. The van der Waals surface area contributed by atoms with Gasteiger partial charge < -0.3 is 14.2 Å². The van der Waals surface area contributed by atoms with Gasteiger partial charge in [0.15, 0.2) is 0 Å². The van der Waals surface area contributed by atoms with E-state index in [-0.39, 0.29) is 13.2 Å². The minimum Gasteiger partial charge on any atom is -0.465 e. The maximum Gasteiger partial charge on any atom is 0.421 e. The molecule has 0 radical (unpaired) electrons. The second kappa shape index (κ2) is 16.1. The molecular formula is C45H43NO5Si. The van der Waals surface area contributed by atoms with Crippen LogP contribution in [0.5, 0.6) is 5.75 Å². The molecule has 0 saturated heterocycles. The van der Waals surface area contributed by atoms with Crippen LogP contribution in [0.25, 0.3) is 5.57 Å². The summed E-state index contributed by atoms with van der Waals surface area (Å²) in [6, 6.07) is 46.6. The van der Waals surface area contributed by atoms with Gasteiger partial charge in [0.1, 0.15) is 32.1 Å². The molecule has 0 spiro atoms. The van der Waals surface area contributed by atoms with Crippen LogP contribution in [0.15, 0.2) is 152 Å². The van der Waals surface area contributed by atoms with Crippen molar-refractivity contribution in [2.24, 2.45) is 5.92 Å². The van der Waals surface area contributed by atoms with Gasteiger partial charge in [0.05, 0.1) is 12.3 Å². The molecule has 0 aromatic heterocycles.